The van der Waals surface area contributed by atoms with Gasteiger partial charge in [0.2, 0.25) is 17.7 Å². The fraction of sp³-hybridized carbons (Fsp3) is 0.500. The molecule has 3 saturated heterocycles. The molecular formula is C34H46N15O23P4+. The first kappa shape index (κ1) is 55.4. The maximum Gasteiger partial charge on any atom is 0.488 e. The minimum Gasteiger partial charge on any atom is -0.387 e. The highest BCUT2D eigenvalue weighted by Crippen LogP contribution is 2.68. The molecule has 0 aromatic carbocycles. The van der Waals surface area contributed by atoms with Crippen LogP contribution in [0.3, 0.4) is 0 Å². The summed E-state index contributed by atoms with van der Waals surface area (Å²) in [6, 6.07) is 0. The van der Waals surface area contributed by atoms with Crippen LogP contribution in [0.4, 0.5) is 17.7 Å². The number of fused-ring (bicyclic) bond motifs is 3. The maximum atomic E-state index is 13.7. The van der Waals surface area contributed by atoms with E-state index in [1.54, 1.807) is 0 Å². The van der Waals surface area contributed by atoms with Crippen LogP contribution in [0.15, 0.2) is 46.8 Å². The Morgan fingerprint density at radius 1 is 0.724 bits per heavy atom. The van der Waals surface area contributed by atoms with Crippen LogP contribution in [0.1, 0.15) is 18.7 Å². The van der Waals surface area contributed by atoms with Crippen LogP contribution in [0, 0.1) is 0 Å². The van der Waals surface area contributed by atoms with Crippen LogP contribution in [-0.2, 0) is 71.2 Å². The van der Waals surface area contributed by atoms with Gasteiger partial charge in [-0.15, -0.1) is 0 Å². The molecule has 0 spiro atoms. The fourth-order valence-corrected chi connectivity index (χ4v) is 13.3. The lowest BCUT2D eigenvalue weighted by atomic mass is 10.1. The number of nitrogens with one attached hydrogen (secondary N) is 2. The van der Waals surface area contributed by atoms with Crippen molar-refractivity contribution in [2.75, 3.05) is 44.6 Å². The summed E-state index contributed by atoms with van der Waals surface area (Å²) in [6.07, 6.45) is -13.6. The molecule has 9 heterocycles. The van der Waals surface area contributed by atoms with Gasteiger partial charge in [-0.3, -0.25) is 51.4 Å². The molecule has 3 aliphatic rings. The molecule has 16 atom stereocenters. The summed E-state index contributed by atoms with van der Waals surface area (Å²) in [5.74, 6) is -0.423. The predicted octanol–water partition coefficient (Wildman–Crippen LogP) is -3.47. The van der Waals surface area contributed by atoms with Gasteiger partial charge in [-0.2, -0.15) is 9.29 Å². The fourth-order valence-electron chi connectivity index (χ4n) is 8.58. The maximum absolute atomic E-state index is 13.7. The van der Waals surface area contributed by atoms with Crippen molar-refractivity contribution in [3.8, 4) is 0 Å². The van der Waals surface area contributed by atoms with Gasteiger partial charge in [0.1, 0.15) is 66.8 Å². The van der Waals surface area contributed by atoms with Gasteiger partial charge >= 0.3 is 36.7 Å². The average Bonchev–Trinajstić information content (AvgIpc) is 4.18. The number of aromatic amines is 2. The summed E-state index contributed by atoms with van der Waals surface area (Å²) in [7, 11) is -19.2. The highest BCUT2D eigenvalue weighted by molar-refractivity contribution is 7.69. The number of aliphatic hydroxyl groups excluding tert-OH is 3. The van der Waals surface area contributed by atoms with Crippen molar-refractivity contribution in [2.24, 2.45) is 7.05 Å². The standard InChI is InChI=1S/C34H45N15O23P4/c1-46-11-49(27-17(46)29(54)45-34(37)43-27)31-20(52)21(63-2)14(69-31)7-66-75(59,60)72-76(61,62)71-73(55,56)5-4-12-22(23(64-3)32(67-12)47-9-40-15-24(35)38-8-39-25(15)47)70-74(57,58)65-6-13-18(50)19(51)30(68-13)48-10-41-16-26(48)42-33(36)44-28(16)53/h4-5,8-14,18-23,30-32,50-52H,6-7H2,1-3H3,(H11-,35,36,37,38,39,42,43,44,45,53,54,55,56,57,58,59,60,61,62)/p+1/b5-4+/t12-,13-,14-,18?,19+,20+,21?,22+,23?,30-,31-,32-/m1/s1. The topological polar surface area (TPSA) is 542 Å². The monoisotopic (exact) mass is 1160 g/mol. The van der Waals surface area contributed by atoms with Gasteiger partial charge < -0.3 is 75.8 Å². The number of phosphoric acid groups is 3. The predicted molar refractivity (Wildman–Crippen MR) is 247 cm³/mol. The summed E-state index contributed by atoms with van der Waals surface area (Å²) in [4.78, 5) is 96.4. The molecule has 6 aromatic rings. The number of imidazole rings is 3. The Balaban J connectivity index is 0.887. The molecule has 3 fully saturated rings. The van der Waals surface area contributed by atoms with E-state index < -0.39 is 129 Å². The van der Waals surface area contributed by atoms with Crippen LogP contribution in [-0.4, -0.2) is 171 Å². The van der Waals surface area contributed by atoms with Gasteiger partial charge in [-0.25, -0.2) is 42.5 Å². The summed E-state index contributed by atoms with van der Waals surface area (Å²) in [5, 5.41) is 32.8. The number of hydrogen-bond donors (Lipinski definition) is 12. The lowest BCUT2D eigenvalue weighted by Gasteiger charge is -2.25. The van der Waals surface area contributed by atoms with E-state index in [9.17, 15) is 62.7 Å². The van der Waals surface area contributed by atoms with Gasteiger partial charge in [0.15, 0.2) is 41.4 Å². The van der Waals surface area contributed by atoms with Crippen LogP contribution < -0.4 is 32.9 Å². The third-order valence-corrected chi connectivity index (χ3v) is 17.2. The summed E-state index contributed by atoms with van der Waals surface area (Å²) in [5.41, 5.74) is 15.7. The molecule has 7 unspecified atom stereocenters. The highest BCUT2D eigenvalue weighted by Gasteiger charge is 2.53. The van der Waals surface area contributed by atoms with E-state index in [0.717, 1.165) is 31.4 Å². The SMILES string of the molecule is COC1[C@@H](OP(=O)(O)OC[C@H]2O[C@@H](n3cnc4c(=O)[nH]c(N)nc43)[C@@H](O)C2O)[C@@H](/C=C/P(=O)(O)OP(=O)(O)OP(=O)(O)OC[C@H]2O[C@@H]([n+]3cn(C)c4c(=O)[nH]c(N)nc43)[C@@H](O)C2OC)O[C@H]1n1cnc2c(N)ncnc21. The summed E-state index contributed by atoms with van der Waals surface area (Å²) >= 11 is 0. The zero-order valence-corrected chi connectivity index (χ0v) is 42.5. The molecule has 414 valence electrons. The molecule has 6 aromatic heterocycles. The lowest BCUT2D eigenvalue weighted by Crippen LogP contribution is -2.46. The number of rotatable bonds is 19. The third-order valence-electron chi connectivity index (χ3n) is 11.8. The van der Waals surface area contributed by atoms with E-state index in [0.29, 0.717) is 6.08 Å². The third kappa shape index (κ3) is 10.9. The number of nitrogens with two attached hydrogens (primary N) is 3. The Morgan fingerprint density at radius 2 is 1.37 bits per heavy atom. The molecule has 76 heavy (non-hydrogen) atoms. The molecule has 38 nitrogen and oxygen atoms in total. The Kier molecular flexibility index (Phi) is 15.1. The first-order valence-electron chi connectivity index (χ1n) is 21.6. The molecule has 0 radical (unpaired) electrons. The Labute approximate surface area is 421 Å². The second-order valence-electron chi connectivity index (χ2n) is 16.7. The van der Waals surface area contributed by atoms with Gasteiger partial charge in [0, 0.05) is 20.0 Å². The van der Waals surface area contributed by atoms with Crippen LogP contribution in [0.25, 0.3) is 33.5 Å². The van der Waals surface area contributed by atoms with Crippen molar-refractivity contribution in [3.63, 3.8) is 0 Å². The summed E-state index contributed by atoms with van der Waals surface area (Å²) in [6.45, 7) is -1.96. The van der Waals surface area contributed by atoms with Crippen LogP contribution >= 0.6 is 31.1 Å². The number of hydrogen-bond acceptors (Lipinski definition) is 28. The van der Waals surface area contributed by atoms with E-state index in [1.165, 1.54) is 33.4 Å². The van der Waals surface area contributed by atoms with Crippen LogP contribution in [0.5, 0.6) is 0 Å². The first-order valence-corrected chi connectivity index (χ1v) is 27.7. The van der Waals surface area contributed by atoms with Gasteiger partial charge in [0.05, 0.1) is 32.9 Å². The number of aliphatic hydroxyl groups is 3. The van der Waals surface area contributed by atoms with Gasteiger partial charge in [-0.1, -0.05) is 4.98 Å². The zero-order chi connectivity index (χ0) is 55.0. The second-order valence-corrected chi connectivity index (χ2v) is 23.0. The largest absolute Gasteiger partial charge is 0.488 e. The molecular weight excluding hydrogens is 1110 g/mol. The number of nitrogen functional groups attached to an aromatic ring is 3. The molecule has 0 saturated carbocycles. The number of ether oxygens (including phenoxy) is 5. The van der Waals surface area contributed by atoms with Crippen molar-refractivity contribution >= 4 is 82.3 Å². The minimum atomic E-state index is -6.11. The lowest BCUT2D eigenvalue weighted by molar-refractivity contribution is -0.745. The van der Waals surface area contributed by atoms with E-state index in [2.05, 4.69) is 48.5 Å². The molecule has 0 bridgehead atoms. The van der Waals surface area contributed by atoms with E-state index >= 15 is 0 Å². The summed E-state index contributed by atoms with van der Waals surface area (Å²) < 4.78 is 111. The number of methoxy groups -OCH3 is 2. The van der Waals surface area contributed by atoms with E-state index in [1.807, 2.05) is 0 Å². The van der Waals surface area contributed by atoms with Gasteiger partial charge in [-0.05, 0) is 6.08 Å². The first-order chi connectivity index (χ1) is 35.7. The van der Waals surface area contributed by atoms with Crippen molar-refractivity contribution < 1.29 is 104 Å². The van der Waals surface area contributed by atoms with Crippen LogP contribution in [0.2, 0.25) is 0 Å². The van der Waals surface area contributed by atoms with Crippen molar-refractivity contribution in [2.45, 2.75) is 73.6 Å². The van der Waals surface area contributed by atoms with E-state index in [-0.39, 0.29) is 57.0 Å². The molecule has 9 rings (SSSR count). The normalized spacial score (nSPS) is 30.3. The Morgan fingerprint density at radius 3 is 2.08 bits per heavy atom. The second kappa shape index (κ2) is 20.8. The van der Waals surface area contributed by atoms with Gasteiger partial charge in [0.25, 0.3) is 17.1 Å². The number of phosphoric ester groups is 2. The zero-order valence-electron chi connectivity index (χ0n) is 39.0. The average molecular weight is 1160 g/mol. The number of aryl methyl sites for hydroxylation is 1. The molecule has 15 N–H and O–H groups in total. The van der Waals surface area contributed by atoms with E-state index in [4.69, 9.17) is 54.5 Å². The smallest absolute Gasteiger partial charge is 0.387 e. The van der Waals surface area contributed by atoms with Crippen molar-refractivity contribution in [3.05, 3.63) is 57.9 Å². The molecule has 42 heteroatoms. The minimum absolute atomic E-state index is 0.0271. The molecule has 0 aliphatic carbocycles. The molecule has 0 amide bonds. The number of aromatic nitrogens is 12. The number of anilines is 3. The quantitative estimate of drug-likeness (QED) is 0.0277. The highest BCUT2D eigenvalue weighted by atomic mass is 31.3. The number of nitrogens with zero attached hydrogens (tertiary/aromatic N) is 10. The Bertz CT molecular complexity index is 3540. The molecule has 3 aliphatic heterocycles. The van der Waals surface area contributed by atoms with Crippen molar-refractivity contribution in [1.82, 2.24) is 53.6 Å². The van der Waals surface area contributed by atoms with Crippen molar-refractivity contribution in [1.29, 1.82) is 0 Å². The Hall–Kier alpha value is -5.37. The number of H-pyrrole nitrogens is 2.